The fourth-order valence-corrected chi connectivity index (χ4v) is 3.66. The summed E-state index contributed by atoms with van der Waals surface area (Å²) < 4.78 is 5.71. The first-order chi connectivity index (χ1) is 12.6. The average molecular weight is 350 g/mol. The van der Waals surface area contributed by atoms with Crippen LogP contribution in [-0.2, 0) is 6.42 Å². The lowest BCUT2D eigenvalue weighted by Gasteiger charge is -2.30. The average Bonchev–Trinajstić information content (AvgIpc) is 3.03. The SMILES string of the molecule is Cc1ccc(Cc2cc3c(NC4CCN(C)CC4)cccc3nc2N)o1. The fourth-order valence-electron chi connectivity index (χ4n) is 3.66. The minimum Gasteiger partial charge on any atom is -0.466 e. The molecular weight excluding hydrogens is 324 g/mol. The molecule has 0 radical (unpaired) electrons. The van der Waals surface area contributed by atoms with Gasteiger partial charge in [-0.2, -0.15) is 0 Å². The Morgan fingerprint density at radius 1 is 1.23 bits per heavy atom. The number of nitrogens with zero attached hydrogens (tertiary/aromatic N) is 2. The summed E-state index contributed by atoms with van der Waals surface area (Å²) >= 11 is 0. The van der Waals surface area contributed by atoms with E-state index in [9.17, 15) is 0 Å². The molecule has 1 aromatic carbocycles. The highest BCUT2D eigenvalue weighted by atomic mass is 16.3. The number of nitrogens with one attached hydrogen (secondary N) is 1. The molecule has 5 heteroatoms. The van der Waals surface area contributed by atoms with E-state index in [1.807, 2.05) is 31.2 Å². The molecule has 0 saturated carbocycles. The first kappa shape index (κ1) is 16.9. The van der Waals surface area contributed by atoms with Crippen molar-refractivity contribution in [2.24, 2.45) is 0 Å². The van der Waals surface area contributed by atoms with Gasteiger partial charge in [-0.05, 0) is 70.2 Å². The van der Waals surface area contributed by atoms with E-state index in [2.05, 4.69) is 34.4 Å². The predicted molar refractivity (Wildman–Crippen MR) is 107 cm³/mol. The maximum Gasteiger partial charge on any atom is 0.127 e. The zero-order valence-electron chi connectivity index (χ0n) is 15.5. The van der Waals surface area contributed by atoms with Gasteiger partial charge in [0.1, 0.15) is 17.3 Å². The smallest absolute Gasteiger partial charge is 0.127 e. The monoisotopic (exact) mass is 350 g/mol. The second kappa shape index (κ2) is 7.00. The summed E-state index contributed by atoms with van der Waals surface area (Å²) in [4.78, 5) is 7.01. The van der Waals surface area contributed by atoms with E-state index >= 15 is 0 Å². The second-order valence-electron chi connectivity index (χ2n) is 7.32. The molecule has 3 N–H and O–H groups in total. The number of piperidine rings is 1. The lowest BCUT2D eigenvalue weighted by Crippen LogP contribution is -2.36. The number of nitrogen functional groups attached to an aromatic ring is 1. The molecule has 0 aliphatic carbocycles. The van der Waals surface area contributed by atoms with Gasteiger partial charge >= 0.3 is 0 Å². The molecule has 3 aromatic rings. The van der Waals surface area contributed by atoms with Gasteiger partial charge < -0.3 is 20.4 Å². The Morgan fingerprint density at radius 3 is 2.77 bits per heavy atom. The summed E-state index contributed by atoms with van der Waals surface area (Å²) in [6, 6.07) is 12.8. The summed E-state index contributed by atoms with van der Waals surface area (Å²) in [7, 11) is 2.18. The van der Waals surface area contributed by atoms with Crippen LogP contribution in [0.25, 0.3) is 10.9 Å². The van der Waals surface area contributed by atoms with Crippen LogP contribution < -0.4 is 11.1 Å². The van der Waals surface area contributed by atoms with Crippen LogP contribution in [0.5, 0.6) is 0 Å². The molecule has 0 spiro atoms. The largest absolute Gasteiger partial charge is 0.466 e. The van der Waals surface area contributed by atoms with Gasteiger partial charge in [-0.3, -0.25) is 0 Å². The number of benzene rings is 1. The highest BCUT2D eigenvalue weighted by Crippen LogP contribution is 2.28. The van der Waals surface area contributed by atoms with Crippen LogP contribution in [0.4, 0.5) is 11.5 Å². The zero-order valence-corrected chi connectivity index (χ0v) is 15.5. The summed E-state index contributed by atoms with van der Waals surface area (Å²) in [5, 5.41) is 4.85. The molecule has 26 heavy (non-hydrogen) atoms. The minimum absolute atomic E-state index is 0.505. The van der Waals surface area contributed by atoms with E-state index in [1.54, 1.807) is 0 Å². The van der Waals surface area contributed by atoms with Crippen LogP contribution in [0.2, 0.25) is 0 Å². The summed E-state index contributed by atoms with van der Waals surface area (Å²) in [5.41, 5.74) is 9.29. The van der Waals surface area contributed by atoms with Crippen LogP contribution in [0, 0.1) is 6.92 Å². The molecule has 0 atom stereocenters. The van der Waals surface area contributed by atoms with Crippen LogP contribution in [0.3, 0.4) is 0 Å². The first-order valence-corrected chi connectivity index (χ1v) is 9.27. The molecule has 1 fully saturated rings. The van der Waals surface area contributed by atoms with Crippen molar-refractivity contribution in [2.75, 3.05) is 31.2 Å². The van der Waals surface area contributed by atoms with Gasteiger partial charge in [0.05, 0.1) is 5.52 Å². The van der Waals surface area contributed by atoms with Crippen molar-refractivity contribution in [3.8, 4) is 0 Å². The minimum atomic E-state index is 0.505. The third-order valence-electron chi connectivity index (χ3n) is 5.21. The van der Waals surface area contributed by atoms with Gasteiger partial charge in [-0.25, -0.2) is 4.98 Å². The summed E-state index contributed by atoms with van der Waals surface area (Å²) in [6.07, 6.45) is 2.98. The van der Waals surface area contributed by atoms with Crippen molar-refractivity contribution in [1.82, 2.24) is 9.88 Å². The topological polar surface area (TPSA) is 67.3 Å². The molecule has 1 aliphatic rings. The van der Waals surface area contributed by atoms with Crippen LogP contribution in [0.1, 0.15) is 29.9 Å². The summed E-state index contributed by atoms with van der Waals surface area (Å²) in [5.74, 6) is 2.40. The maximum absolute atomic E-state index is 6.21. The number of furan rings is 1. The number of rotatable bonds is 4. The normalized spacial score (nSPS) is 16.2. The molecule has 0 amide bonds. The van der Waals surface area contributed by atoms with Crippen LogP contribution in [0.15, 0.2) is 40.8 Å². The molecule has 2 aromatic heterocycles. The van der Waals surface area contributed by atoms with E-state index in [-0.39, 0.29) is 0 Å². The number of hydrogen-bond donors (Lipinski definition) is 2. The van der Waals surface area contributed by atoms with E-state index in [1.165, 1.54) is 0 Å². The Hall–Kier alpha value is -2.53. The highest BCUT2D eigenvalue weighted by Gasteiger charge is 2.17. The van der Waals surface area contributed by atoms with Crippen molar-refractivity contribution >= 4 is 22.4 Å². The number of anilines is 2. The van der Waals surface area contributed by atoms with Crippen molar-refractivity contribution in [3.05, 3.63) is 53.5 Å². The quantitative estimate of drug-likeness (QED) is 0.749. The number of hydrogen-bond acceptors (Lipinski definition) is 5. The molecule has 1 saturated heterocycles. The summed E-state index contributed by atoms with van der Waals surface area (Å²) in [6.45, 7) is 4.22. The Labute approximate surface area is 154 Å². The standard InChI is InChI=1S/C21H26N4O/c1-14-6-7-17(26-14)12-15-13-18-19(4-3-5-20(18)24-21(15)22)23-16-8-10-25(2)11-9-16/h3-7,13,16,23H,8-12H2,1-2H3,(H2,22,24). The van der Waals surface area contributed by atoms with Gasteiger partial charge in [-0.1, -0.05) is 6.07 Å². The Kier molecular flexibility index (Phi) is 4.55. The number of likely N-dealkylation sites (tertiary alicyclic amines) is 1. The number of pyridine rings is 1. The first-order valence-electron chi connectivity index (χ1n) is 9.27. The number of aromatic nitrogens is 1. The molecule has 0 bridgehead atoms. The third-order valence-corrected chi connectivity index (χ3v) is 5.21. The van der Waals surface area contributed by atoms with E-state index < -0.39 is 0 Å². The second-order valence-corrected chi connectivity index (χ2v) is 7.32. The third kappa shape index (κ3) is 3.53. The molecule has 3 heterocycles. The van der Waals surface area contributed by atoms with Gasteiger partial charge in [0.2, 0.25) is 0 Å². The van der Waals surface area contributed by atoms with Crippen LogP contribution >= 0.6 is 0 Å². The van der Waals surface area contributed by atoms with E-state index in [0.717, 1.165) is 59.6 Å². The molecular formula is C21H26N4O. The van der Waals surface area contributed by atoms with Gasteiger partial charge in [-0.15, -0.1) is 0 Å². The van der Waals surface area contributed by atoms with E-state index in [0.29, 0.717) is 18.3 Å². The Morgan fingerprint density at radius 2 is 2.04 bits per heavy atom. The molecule has 4 rings (SSSR count). The molecule has 5 nitrogen and oxygen atoms in total. The van der Waals surface area contributed by atoms with Gasteiger partial charge in [0, 0.05) is 29.1 Å². The Bertz CT molecular complexity index is 910. The number of fused-ring (bicyclic) bond motifs is 1. The predicted octanol–water partition coefficient (Wildman–Crippen LogP) is 3.82. The molecule has 136 valence electrons. The van der Waals surface area contributed by atoms with Crippen molar-refractivity contribution in [3.63, 3.8) is 0 Å². The van der Waals surface area contributed by atoms with Gasteiger partial charge in [0.15, 0.2) is 0 Å². The lowest BCUT2D eigenvalue weighted by atomic mass is 10.0. The lowest BCUT2D eigenvalue weighted by molar-refractivity contribution is 0.264. The maximum atomic E-state index is 6.21. The highest BCUT2D eigenvalue weighted by molar-refractivity contribution is 5.93. The number of aryl methyl sites for hydroxylation is 1. The van der Waals surface area contributed by atoms with E-state index in [4.69, 9.17) is 10.2 Å². The Balaban J connectivity index is 1.64. The van der Waals surface area contributed by atoms with Gasteiger partial charge in [0.25, 0.3) is 0 Å². The van der Waals surface area contributed by atoms with Crippen LogP contribution in [-0.4, -0.2) is 36.1 Å². The zero-order chi connectivity index (χ0) is 18.1. The van der Waals surface area contributed by atoms with Crippen molar-refractivity contribution < 1.29 is 4.42 Å². The molecule has 0 unspecified atom stereocenters. The number of nitrogens with two attached hydrogens (primary N) is 1. The molecule has 1 aliphatic heterocycles. The van der Waals surface area contributed by atoms with Crippen molar-refractivity contribution in [1.29, 1.82) is 0 Å². The fraction of sp³-hybridized carbons (Fsp3) is 0.381. The van der Waals surface area contributed by atoms with Crippen molar-refractivity contribution in [2.45, 2.75) is 32.2 Å².